The third kappa shape index (κ3) is 5.22. The molecule has 10 nitrogen and oxygen atoms in total. The molecule has 186 valence electrons. The van der Waals surface area contributed by atoms with Crippen molar-refractivity contribution in [3.05, 3.63) is 72.8 Å². The molecule has 0 saturated carbocycles. The van der Waals surface area contributed by atoms with Gasteiger partial charge in [0.1, 0.15) is 23.6 Å². The van der Waals surface area contributed by atoms with Crippen molar-refractivity contribution in [1.82, 2.24) is 29.3 Å². The minimum Gasteiger partial charge on any atom is -0.434 e. The summed E-state index contributed by atoms with van der Waals surface area (Å²) in [5, 5.41) is 11.3. The number of hydrogen-bond donors (Lipinski definition) is 1. The summed E-state index contributed by atoms with van der Waals surface area (Å²) in [5.74, 6) is -0.921. The number of allylic oxidation sites excluding steroid dienone is 1. The average Bonchev–Trinajstić information content (AvgIpc) is 3.44. The van der Waals surface area contributed by atoms with E-state index < -0.39 is 12.5 Å². The average molecular weight is 495 g/mol. The third-order valence-electron chi connectivity index (χ3n) is 5.23. The number of carbonyl (C=O) groups excluding carboxylic acids is 2. The van der Waals surface area contributed by atoms with E-state index in [4.69, 9.17) is 4.74 Å². The van der Waals surface area contributed by atoms with E-state index in [0.29, 0.717) is 12.1 Å². The Labute approximate surface area is 204 Å². The Bertz CT molecular complexity index is 1430. The van der Waals surface area contributed by atoms with Gasteiger partial charge in [-0.1, -0.05) is 12.1 Å². The minimum atomic E-state index is -3.07. The van der Waals surface area contributed by atoms with E-state index >= 15 is 0 Å². The van der Waals surface area contributed by atoms with Gasteiger partial charge in [-0.25, -0.2) is 9.50 Å². The lowest BCUT2D eigenvalue weighted by molar-refractivity contribution is -0.129. The molecule has 2 amide bonds. The number of aromatic nitrogens is 5. The molecule has 0 spiro atoms. The zero-order chi connectivity index (χ0) is 25.8. The highest BCUT2D eigenvalue weighted by molar-refractivity contribution is 6.09. The van der Waals surface area contributed by atoms with Crippen molar-refractivity contribution in [2.75, 3.05) is 19.4 Å². The Hall–Kier alpha value is -4.61. The van der Waals surface area contributed by atoms with E-state index in [-0.39, 0.29) is 40.7 Å². The standard InChI is InChI=1S/C24H23F2N7O3/c1-4-6-15-7-8-19(36-24(25)26)16(11-15)21-18(13-32(30-21)14-20(34)31(2)3)29-23(35)17-12-28-33-10-5-9-27-22(17)33/h4-5,7-13,24H,1,6,14H2,2-3H3,(H,29,35). The molecular formula is C24H23F2N7O3. The van der Waals surface area contributed by atoms with Gasteiger partial charge in [0.25, 0.3) is 5.91 Å². The number of carbonyl (C=O) groups is 2. The van der Waals surface area contributed by atoms with Crippen molar-refractivity contribution in [3.8, 4) is 17.0 Å². The third-order valence-corrected chi connectivity index (χ3v) is 5.23. The van der Waals surface area contributed by atoms with Crippen LogP contribution in [0.3, 0.4) is 0 Å². The first-order valence-electron chi connectivity index (χ1n) is 10.8. The largest absolute Gasteiger partial charge is 0.434 e. The number of nitrogens with zero attached hydrogens (tertiary/aromatic N) is 6. The number of nitrogens with one attached hydrogen (secondary N) is 1. The van der Waals surface area contributed by atoms with Crippen LogP contribution >= 0.6 is 0 Å². The summed E-state index contributed by atoms with van der Waals surface area (Å²) < 4.78 is 33.9. The van der Waals surface area contributed by atoms with Crippen molar-refractivity contribution >= 4 is 23.1 Å². The van der Waals surface area contributed by atoms with Crippen LogP contribution in [0.25, 0.3) is 16.9 Å². The van der Waals surface area contributed by atoms with E-state index in [0.717, 1.165) is 5.56 Å². The van der Waals surface area contributed by atoms with Crippen LogP contribution in [0.1, 0.15) is 15.9 Å². The number of halogens is 2. The number of benzene rings is 1. The second-order valence-electron chi connectivity index (χ2n) is 7.98. The Morgan fingerprint density at radius 1 is 1.31 bits per heavy atom. The van der Waals surface area contributed by atoms with E-state index in [2.05, 4.69) is 27.1 Å². The number of alkyl halides is 2. The molecule has 3 aromatic heterocycles. The van der Waals surface area contributed by atoms with E-state index in [1.807, 2.05) is 0 Å². The van der Waals surface area contributed by atoms with Gasteiger partial charge in [0.2, 0.25) is 5.91 Å². The molecule has 4 aromatic rings. The fourth-order valence-electron chi connectivity index (χ4n) is 3.50. The van der Waals surface area contributed by atoms with Gasteiger partial charge in [-0.15, -0.1) is 6.58 Å². The van der Waals surface area contributed by atoms with Gasteiger partial charge in [0, 0.05) is 38.2 Å². The lowest BCUT2D eigenvalue weighted by atomic mass is 10.0. The van der Waals surface area contributed by atoms with Crippen LogP contribution in [0.2, 0.25) is 0 Å². The van der Waals surface area contributed by atoms with Crippen molar-refractivity contribution in [2.45, 2.75) is 19.6 Å². The Morgan fingerprint density at radius 3 is 2.83 bits per heavy atom. The van der Waals surface area contributed by atoms with Crippen molar-refractivity contribution in [2.24, 2.45) is 0 Å². The van der Waals surface area contributed by atoms with Gasteiger partial charge in [0.05, 0.1) is 11.9 Å². The van der Waals surface area contributed by atoms with Crippen LogP contribution in [0, 0.1) is 0 Å². The Balaban J connectivity index is 1.79. The molecule has 0 unspecified atom stereocenters. The molecule has 0 aliphatic rings. The van der Waals surface area contributed by atoms with Crippen LogP contribution in [0.4, 0.5) is 14.5 Å². The maximum atomic E-state index is 13.2. The highest BCUT2D eigenvalue weighted by Gasteiger charge is 2.22. The molecule has 0 saturated heterocycles. The fourth-order valence-corrected chi connectivity index (χ4v) is 3.50. The first-order valence-corrected chi connectivity index (χ1v) is 10.8. The van der Waals surface area contributed by atoms with Gasteiger partial charge in [0.15, 0.2) is 5.65 Å². The zero-order valence-corrected chi connectivity index (χ0v) is 19.6. The van der Waals surface area contributed by atoms with Crippen molar-refractivity contribution < 1.29 is 23.1 Å². The summed E-state index contributed by atoms with van der Waals surface area (Å²) in [6.45, 7) is 0.501. The van der Waals surface area contributed by atoms with Gasteiger partial charge < -0.3 is 15.0 Å². The molecule has 0 aliphatic carbocycles. The fraction of sp³-hybridized carbons (Fsp3) is 0.208. The van der Waals surface area contributed by atoms with Gasteiger partial charge >= 0.3 is 6.61 Å². The number of fused-ring (bicyclic) bond motifs is 1. The van der Waals surface area contributed by atoms with Crippen LogP contribution in [0.15, 0.2) is 61.7 Å². The van der Waals surface area contributed by atoms with E-state index in [1.165, 1.54) is 38.8 Å². The molecule has 1 aromatic carbocycles. The maximum absolute atomic E-state index is 13.2. The van der Waals surface area contributed by atoms with Crippen LogP contribution in [-0.2, 0) is 17.8 Å². The summed E-state index contributed by atoms with van der Waals surface area (Å²) in [6.07, 6.45) is 8.14. The summed E-state index contributed by atoms with van der Waals surface area (Å²) in [6, 6.07) is 6.35. The molecule has 0 aliphatic heterocycles. The highest BCUT2D eigenvalue weighted by atomic mass is 19.3. The summed E-state index contributed by atoms with van der Waals surface area (Å²) >= 11 is 0. The highest BCUT2D eigenvalue weighted by Crippen LogP contribution is 2.36. The first-order chi connectivity index (χ1) is 17.3. The van der Waals surface area contributed by atoms with Crippen LogP contribution in [-0.4, -0.2) is 61.8 Å². The monoisotopic (exact) mass is 495 g/mol. The predicted molar refractivity (Wildman–Crippen MR) is 128 cm³/mol. The molecule has 36 heavy (non-hydrogen) atoms. The van der Waals surface area contributed by atoms with Gasteiger partial charge in [-0.3, -0.25) is 14.3 Å². The lowest BCUT2D eigenvalue weighted by Gasteiger charge is -2.12. The number of anilines is 1. The first kappa shape index (κ1) is 24.5. The maximum Gasteiger partial charge on any atom is 0.387 e. The van der Waals surface area contributed by atoms with Crippen LogP contribution < -0.4 is 10.1 Å². The number of hydrogen-bond acceptors (Lipinski definition) is 6. The van der Waals surface area contributed by atoms with E-state index in [9.17, 15) is 18.4 Å². The lowest BCUT2D eigenvalue weighted by Crippen LogP contribution is -2.26. The summed E-state index contributed by atoms with van der Waals surface area (Å²) in [4.78, 5) is 31.0. The molecule has 1 N–H and O–H groups in total. The summed E-state index contributed by atoms with van der Waals surface area (Å²) in [5.41, 5.74) is 1.87. The number of amides is 2. The molecule has 12 heteroatoms. The second-order valence-corrected chi connectivity index (χ2v) is 7.98. The molecule has 3 heterocycles. The number of likely N-dealkylation sites (N-methyl/N-ethyl adjacent to an activating group) is 1. The van der Waals surface area contributed by atoms with Gasteiger partial charge in [-0.2, -0.15) is 19.0 Å². The minimum absolute atomic E-state index is 0.129. The molecule has 0 fully saturated rings. The van der Waals surface area contributed by atoms with Gasteiger partial charge in [-0.05, 0) is 30.2 Å². The normalized spacial score (nSPS) is 11.0. The molecule has 0 atom stereocenters. The topological polar surface area (TPSA) is 107 Å². The molecular weight excluding hydrogens is 472 g/mol. The quantitative estimate of drug-likeness (QED) is 0.357. The predicted octanol–water partition coefficient (Wildman–Crippen LogP) is 3.26. The molecule has 0 radical (unpaired) electrons. The van der Waals surface area contributed by atoms with E-state index in [1.54, 1.807) is 44.6 Å². The Morgan fingerprint density at radius 2 is 2.11 bits per heavy atom. The summed E-state index contributed by atoms with van der Waals surface area (Å²) in [7, 11) is 3.20. The number of ether oxygens (including phenoxy) is 1. The smallest absolute Gasteiger partial charge is 0.387 e. The Kier molecular flexibility index (Phi) is 7.04. The number of rotatable bonds is 9. The van der Waals surface area contributed by atoms with Crippen LogP contribution in [0.5, 0.6) is 5.75 Å². The molecule has 4 rings (SSSR count). The second kappa shape index (κ2) is 10.3. The van der Waals surface area contributed by atoms with Crippen molar-refractivity contribution in [3.63, 3.8) is 0 Å². The zero-order valence-electron chi connectivity index (χ0n) is 19.6. The van der Waals surface area contributed by atoms with Crippen molar-refractivity contribution in [1.29, 1.82) is 0 Å². The SMILES string of the molecule is C=CCc1ccc(OC(F)F)c(-c2nn(CC(=O)N(C)C)cc2NC(=O)c2cnn3cccnc23)c1. The molecule has 0 bridgehead atoms.